The van der Waals surface area contributed by atoms with E-state index in [1.807, 2.05) is 0 Å². The molecule has 136 valence electrons. The molecule has 2 N–H and O–H groups in total. The maximum atomic E-state index is 12.6. The van der Waals surface area contributed by atoms with Gasteiger partial charge in [0.25, 0.3) is 0 Å². The maximum Gasteiger partial charge on any atom is 0.338 e. The van der Waals surface area contributed by atoms with Crippen molar-refractivity contribution in [1.29, 1.82) is 0 Å². The first kappa shape index (κ1) is 17.2. The molecule has 1 fully saturated rings. The molecular formula is C15H22N6O4. The third kappa shape index (κ3) is 2.53. The number of urea groups is 1. The van der Waals surface area contributed by atoms with Crippen LogP contribution in [0.2, 0.25) is 0 Å². The first-order valence-corrected chi connectivity index (χ1v) is 7.88. The van der Waals surface area contributed by atoms with Gasteiger partial charge in [-0.2, -0.15) is 5.10 Å². The summed E-state index contributed by atoms with van der Waals surface area (Å²) in [5.41, 5.74) is 2.99. The molecule has 2 amide bonds. The molecule has 0 saturated carbocycles. The highest BCUT2D eigenvalue weighted by atomic mass is 16.7. The molecule has 0 radical (unpaired) electrons. The Morgan fingerprint density at radius 3 is 2.76 bits per heavy atom. The number of fused-ring (bicyclic) bond motifs is 4. The molecule has 0 spiro atoms. The number of carboxylic acids is 1. The number of rotatable bonds is 4. The van der Waals surface area contributed by atoms with Crippen LogP contribution in [-0.4, -0.2) is 68.8 Å². The van der Waals surface area contributed by atoms with Gasteiger partial charge >= 0.3 is 12.0 Å². The van der Waals surface area contributed by atoms with Gasteiger partial charge in [-0.25, -0.2) is 15.1 Å². The lowest BCUT2D eigenvalue weighted by molar-refractivity contribution is -0.166. The standard InChI is InChI=1S/C15H22N6O4/c1-15(2,13(22)23)25-18-12(16-3)11-10-8(6-17-20(10)5)9-7-21(11)14(24)19(9)4/h6,9,11H,7H2,1-5H3,(H,16,18)(H,22,23)/t9-,11-/m0/s1. The van der Waals surface area contributed by atoms with E-state index in [2.05, 4.69) is 15.6 Å². The number of likely N-dealkylation sites (N-methyl/N-ethyl adjacent to an activating group) is 1. The van der Waals surface area contributed by atoms with Crippen LogP contribution in [0.1, 0.15) is 37.2 Å². The number of nitrogens with zero attached hydrogens (tertiary/aromatic N) is 5. The minimum atomic E-state index is -1.45. The van der Waals surface area contributed by atoms with Gasteiger partial charge in [-0.05, 0) is 13.8 Å². The van der Waals surface area contributed by atoms with Crippen LogP contribution in [0.25, 0.3) is 0 Å². The number of nitrogens with one attached hydrogen (secondary N) is 1. The average molecular weight is 350 g/mol. The van der Waals surface area contributed by atoms with Crippen LogP contribution in [0.5, 0.6) is 0 Å². The molecule has 2 atom stereocenters. The van der Waals surface area contributed by atoms with Gasteiger partial charge in [0.2, 0.25) is 0 Å². The van der Waals surface area contributed by atoms with Gasteiger partial charge in [-0.15, -0.1) is 0 Å². The van der Waals surface area contributed by atoms with Crippen molar-refractivity contribution in [2.75, 3.05) is 20.6 Å². The highest BCUT2D eigenvalue weighted by molar-refractivity contribution is 5.93. The number of carboxylic acid groups (broad SMARTS) is 1. The van der Waals surface area contributed by atoms with Crippen molar-refractivity contribution in [1.82, 2.24) is 25.1 Å². The Morgan fingerprint density at radius 2 is 2.16 bits per heavy atom. The summed E-state index contributed by atoms with van der Waals surface area (Å²) in [6, 6.07) is -0.695. The molecule has 25 heavy (non-hydrogen) atoms. The second kappa shape index (κ2) is 5.73. The Kier molecular flexibility index (Phi) is 3.94. The number of hydroxylamine groups is 1. The number of amides is 2. The zero-order valence-corrected chi connectivity index (χ0v) is 14.8. The molecule has 3 heterocycles. The number of aryl methyl sites for hydroxylation is 1. The van der Waals surface area contributed by atoms with Crippen molar-refractivity contribution in [3.63, 3.8) is 0 Å². The smallest absolute Gasteiger partial charge is 0.338 e. The molecule has 0 aliphatic carbocycles. The van der Waals surface area contributed by atoms with E-state index in [0.29, 0.717) is 12.4 Å². The van der Waals surface area contributed by atoms with E-state index < -0.39 is 17.6 Å². The first-order valence-electron chi connectivity index (χ1n) is 7.88. The largest absolute Gasteiger partial charge is 0.479 e. The summed E-state index contributed by atoms with van der Waals surface area (Å²) < 4.78 is 1.71. The fourth-order valence-electron chi connectivity index (χ4n) is 3.17. The zero-order valence-electron chi connectivity index (χ0n) is 14.8. The quantitative estimate of drug-likeness (QED) is 0.459. The van der Waals surface area contributed by atoms with Gasteiger partial charge in [0, 0.05) is 33.3 Å². The topological polar surface area (TPSA) is 112 Å². The van der Waals surface area contributed by atoms with Crippen molar-refractivity contribution in [2.24, 2.45) is 12.0 Å². The van der Waals surface area contributed by atoms with E-state index in [0.717, 1.165) is 11.3 Å². The number of carbonyl (C=O) groups excluding carboxylic acids is 1. The van der Waals surface area contributed by atoms with Crippen molar-refractivity contribution in [2.45, 2.75) is 31.5 Å². The molecule has 2 aliphatic heterocycles. The summed E-state index contributed by atoms with van der Waals surface area (Å²) in [7, 11) is 5.12. The molecule has 1 aromatic rings. The van der Waals surface area contributed by atoms with Crippen LogP contribution in [0.4, 0.5) is 4.79 Å². The van der Waals surface area contributed by atoms with E-state index in [4.69, 9.17) is 4.84 Å². The number of hydrogen-bond acceptors (Lipinski definition) is 5. The SMILES string of the molecule is CN=C(NOC(C)(C)C(=O)O)[C@@H]1c2c(cnn2C)[C@@H]2CN1C(=O)N2C. The average Bonchev–Trinajstić information content (AvgIpc) is 3.05. The van der Waals surface area contributed by atoms with Crippen LogP contribution in [0.3, 0.4) is 0 Å². The number of amidine groups is 1. The second-order valence-corrected chi connectivity index (χ2v) is 6.70. The minimum absolute atomic E-state index is 0.0538. The lowest BCUT2D eigenvalue weighted by Gasteiger charge is -2.33. The summed E-state index contributed by atoms with van der Waals surface area (Å²) in [5, 5.41) is 13.5. The predicted octanol–water partition coefficient (Wildman–Crippen LogP) is 0.296. The third-order valence-corrected chi connectivity index (χ3v) is 4.75. The normalized spacial score (nSPS) is 23.1. The Bertz CT molecular complexity index is 755. The summed E-state index contributed by atoms with van der Waals surface area (Å²) in [5.74, 6) is -0.765. The number of aliphatic imine (C=N–C) groups is 1. The van der Waals surface area contributed by atoms with Crippen molar-refractivity contribution >= 4 is 17.8 Å². The van der Waals surface area contributed by atoms with Crippen molar-refractivity contribution in [3.8, 4) is 0 Å². The number of aliphatic carboxylic acids is 1. The van der Waals surface area contributed by atoms with Crippen LogP contribution >= 0.6 is 0 Å². The number of aromatic nitrogens is 2. The van der Waals surface area contributed by atoms with Gasteiger partial charge in [-0.3, -0.25) is 14.5 Å². The van der Waals surface area contributed by atoms with Crippen LogP contribution in [0, 0.1) is 0 Å². The van der Waals surface area contributed by atoms with Crippen LogP contribution < -0.4 is 5.48 Å². The first-order chi connectivity index (χ1) is 11.7. The Balaban J connectivity index is 1.96. The fourth-order valence-corrected chi connectivity index (χ4v) is 3.17. The summed E-state index contributed by atoms with van der Waals surface area (Å²) in [4.78, 5) is 36.7. The van der Waals surface area contributed by atoms with Gasteiger partial charge < -0.3 is 14.9 Å². The maximum absolute atomic E-state index is 12.6. The lowest BCUT2D eigenvalue weighted by atomic mass is 9.97. The second-order valence-electron chi connectivity index (χ2n) is 6.70. The van der Waals surface area contributed by atoms with Crippen molar-refractivity contribution < 1.29 is 19.5 Å². The Hall–Kier alpha value is -2.62. The van der Waals surface area contributed by atoms with Gasteiger partial charge in [0.15, 0.2) is 5.60 Å². The van der Waals surface area contributed by atoms with E-state index in [-0.39, 0.29) is 12.1 Å². The zero-order chi connectivity index (χ0) is 18.5. The van der Waals surface area contributed by atoms with Crippen LogP contribution in [-0.2, 0) is 16.7 Å². The van der Waals surface area contributed by atoms with Crippen LogP contribution in [0.15, 0.2) is 11.2 Å². The summed E-state index contributed by atoms with van der Waals surface area (Å²) in [6.07, 6.45) is 1.76. The number of hydrogen-bond donors (Lipinski definition) is 2. The van der Waals surface area contributed by atoms with Gasteiger partial charge in [0.05, 0.1) is 17.9 Å². The van der Waals surface area contributed by atoms with Gasteiger partial charge in [-0.1, -0.05) is 0 Å². The number of carbonyl (C=O) groups is 2. The molecule has 10 heteroatoms. The van der Waals surface area contributed by atoms with Gasteiger partial charge in [0.1, 0.15) is 11.9 Å². The van der Waals surface area contributed by atoms with E-state index in [1.165, 1.54) is 13.8 Å². The monoisotopic (exact) mass is 350 g/mol. The highest BCUT2D eigenvalue weighted by Crippen LogP contribution is 2.43. The lowest BCUT2D eigenvalue weighted by Crippen LogP contribution is -2.48. The molecule has 2 bridgehead atoms. The molecule has 0 unspecified atom stereocenters. The Morgan fingerprint density at radius 1 is 1.48 bits per heavy atom. The minimum Gasteiger partial charge on any atom is -0.479 e. The predicted molar refractivity (Wildman–Crippen MR) is 87.8 cm³/mol. The molecule has 3 rings (SSSR count). The molecule has 0 aromatic carbocycles. The third-order valence-electron chi connectivity index (χ3n) is 4.75. The fraction of sp³-hybridized carbons (Fsp3) is 0.600. The van der Waals surface area contributed by atoms with Crippen molar-refractivity contribution in [3.05, 3.63) is 17.5 Å². The van der Waals surface area contributed by atoms with E-state index in [1.54, 1.807) is 41.8 Å². The molecule has 2 aliphatic rings. The Labute approximate surface area is 145 Å². The molecule has 1 saturated heterocycles. The van der Waals surface area contributed by atoms with E-state index >= 15 is 0 Å². The highest BCUT2D eigenvalue weighted by Gasteiger charge is 2.49. The van der Waals surface area contributed by atoms with E-state index in [9.17, 15) is 14.7 Å². The molecule has 10 nitrogen and oxygen atoms in total. The molecular weight excluding hydrogens is 328 g/mol. The molecule has 1 aromatic heterocycles. The summed E-state index contributed by atoms with van der Waals surface area (Å²) >= 11 is 0. The summed E-state index contributed by atoms with van der Waals surface area (Å²) in [6.45, 7) is 3.37.